The Hall–Kier alpha value is -5.36. The fourth-order valence-electron chi connectivity index (χ4n) is 8.29. The third kappa shape index (κ3) is 7.54. The second-order valence-electron chi connectivity index (χ2n) is 16.0. The van der Waals surface area contributed by atoms with Crippen molar-refractivity contribution in [2.75, 3.05) is 25.0 Å². The number of rotatable bonds is 11. The van der Waals surface area contributed by atoms with Crippen molar-refractivity contribution >= 4 is 58.0 Å². The number of hydrogen-bond donors (Lipinski definition) is 2. The van der Waals surface area contributed by atoms with Gasteiger partial charge in [0.05, 0.1) is 28.3 Å². The van der Waals surface area contributed by atoms with Crippen LogP contribution in [0.15, 0.2) is 59.9 Å². The number of thiophene rings is 1. The second kappa shape index (κ2) is 15.8. The molecule has 1 saturated carbocycles. The summed E-state index contributed by atoms with van der Waals surface area (Å²) in [5, 5.41) is 26.2. The molecule has 1 fully saturated rings. The number of fused-ring (bicyclic) bond motifs is 3. The molecular formula is C42H44Cl2N10O3S. The molecule has 0 unspecified atom stereocenters. The Balaban J connectivity index is 0.964. The van der Waals surface area contributed by atoms with Gasteiger partial charge in [0, 0.05) is 76.5 Å². The third-order valence-electron chi connectivity index (χ3n) is 11.2. The highest BCUT2D eigenvalue weighted by molar-refractivity contribution is 7.15. The molecular weight excluding hydrogens is 796 g/mol. The molecule has 3 aromatic heterocycles. The fourth-order valence-corrected chi connectivity index (χ4v) is 9.84. The van der Waals surface area contributed by atoms with Crippen LogP contribution in [0.2, 0.25) is 10.0 Å². The summed E-state index contributed by atoms with van der Waals surface area (Å²) >= 11 is 14.1. The number of nitrogens with zero attached hydrogens (tertiary/aromatic N) is 8. The summed E-state index contributed by atoms with van der Waals surface area (Å²) in [6, 6.07) is 13.8. The highest BCUT2D eigenvalue weighted by Crippen LogP contribution is 2.55. The molecule has 1 aliphatic heterocycles. The lowest BCUT2D eigenvalue weighted by Crippen LogP contribution is -2.74. The number of carbonyl (C=O) groups is 2. The number of anilines is 1. The lowest BCUT2D eigenvalue weighted by Gasteiger charge is -2.63. The molecule has 5 aromatic rings. The quantitative estimate of drug-likeness (QED) is 0.138. The highest BCUT2D eigenvalue weighted by Gasteiger charge is 2.64. The van der Waals surface area contributed by atoms with Crippen molar-refractivity contribution in [1.82, 2.24) is 35.4 Å². The van der Waals surface area contributed by atoms with E-state index in [1.54, 1.807) is 29.5 Å². The molecule has 4 heterocycles. The van der Waals surface area contributed by atoms with Gasteiger partial charge in [-0.1, -0.05) is 63.0 Å². The second-order valence-corrected chi connectivity index (χ2v) is 18.0. The molecule has 300 valence electrons. The number of carbonyl (C=O) groups excluding carboxylic acids is 2. The molecule has 16 heteroatoms. The molecule has 2 aromatic carbocycles. The van der Waals surface area contributed by atoms with E-state index >= 15 is 0 Å². The van der Waals surface area contributed by atoms with Crippen LogP contribution in [0, 0.1) is 42.9 Å². The normalized spacial score (nSPS) is 18.7. The molecule has 0 saturated heterocycles. The first-order valence-electron chi connectivity index (χ1n) is 18.8. The zero-order valence-corrected chi connectivity index (χ0v) is 35.8. The van der Waals surface area contributed by atoms with Crippen molar-refractivity contribution in [1.29, 1.82) is 5.26 Å². The molecule has 1 aliphatic carbocycles. The maximum absolute atomic E-state index is 13.5. The van der Waals surface area contributed by atoms with Gasteiger partial charge in [-0.15, -0.1) is 21.5 Å². The third-order valence-corrected chi connectivity index (χ3v) is 12.9. The van der Waals surface area contributed by atoms with Crippen LogP contribution in [0.25, 0.3) is 5.00 Å². The number of hydrogen-bond acceptors (Lipinski definition) is 11. The van der Waals surface area contributed by atoms with Gasteiger partial charge in [-0.2, -0.15) is 5.26 Å². The van der Waals surface area contributed by atoms with E-state index in [0.717, 1.165) is 33.2 Å². The molecule has 7 rings (SSSR count). The maximum atomic E-state index is 13.5. The molecule has 0 spiro atoms. The number of nitrogens with one attached hydrogen (secondary N) is 2. The SMILES string of the molecule is Cc1sc2c(c1C)C(c1ccc(Cl)cc1)=N[C@@H](CC(=O)NCCN(C)c1ncc(C(=O)NC3C(C)(C)C(Oc4ccc(C#N)c(Cl)c4)C3(C)C)cn1)c1nnc(C)n1-2. The van der Waals surface area contributed by atoms with E-state index in [1.165, 1.54) is 17.3 Å². The summed E-state index contributed by atoms with van der Waals surface area (Å²) in [5.74, 6) is 1.83. The molecule has 2 aliphatic rings. The van der Waals surface area contributed by atoms with Gasteiger partial charge in [-0.3, -0.25) is 19.1 Å². The first-order chi connectivity index (χ1) is 27.5. The minimum Gasteiger partial charge on any atom is -0.489 e. The Labute approximate surface area is 351 Å². The Morgan fingerprint density at radius 3 is 2.36 bits per heavy atom. The van der Waals surface area contributed by atoms with Crippen LogP contribution in [0.3, 0.4) is 0 Å². The topological polar surface area (TPSA) is 163 Å². The number of aryl methyl sites for hydroxylation is 2. The summed E-state index contributed by atoms with van der Waals surface area (Å²) in [7, 11) is 1.82. The van der Waals surface area contributed by atoms with Crippen LogP contribution in [-0.2, 0) is 4.79 Å². The lowest BCUT2D eigenvalue weighted by molar-refractivity contribution is -0.164. The minimum atomic E-state index is -0.581. The Bertz CT molecular complexity index is 2450. The van der Waals surface area contributed by atoms with Crippen molar-refractivity contribution < 1.29 is 14.3 Å². The van der Waals surface area contributed by atoms with Gasteiger partial charge in [0.15, 0.2) is 5.82 Å². The van der Waals surface area contributed by atoms with Gasteiger partial charge < -0.3 is 20.3 Å². The first kappa shape index (κ1) is 40.8. The predicted molar refractivity (Wildman–Crippen MR) is 226 cm³/mol. The van der Waals surface area contributed by atoms with E-state index in [4.69, 9.17) is 32.9 Å². The number of ether oxygens (including phenoxy) is 1. The molecule has 1 atom stereocenters. The van der Waals surface area contributed by atoms with E-state index in [9.17, 15) is 14.9 Å². The lowest BCUT2D eigenvalue weighted by atomic mass is 9.49. The van der Waals surface area contributed by atoms with Crippen LogP contribution < -0.4 is 20.3 Å². The molecule has 2 N–H and O–H groups in total. The number of halogens is 2. The van der Waals surface area contributed by atoms with Gasteiger partial charge >= 0.3 is 0 Å². The van der Waals surface area contributed by atoms with Crippen molar-refractivity contribution in [3.05, 3.63) is 109 Å². The first-order valence-corrected chi connectivity index (χ1v) is 20.4. The monoisotopic (exact) mass is 838 g/mol. The molecule has 58 heavy (non-hydrogen) atoms. The Morgan fingerprint density at radius 1 is 1.02 bits per heavy atom. The zero-order chi connectivity index (χ0) is 41.7. The number of nitriles is 1. The van der Waals surface area contributed by atoms with Crippen LogP contribution in [-0.4, -0.2) is 74.5 Å². The number of amides is 2. The molecule has 13 nitrogen and oxygen atoms in total. The standard InChI is InChI=1S/C42H44Cl2N10O3S/c1-22-23(2)58-37-33(22)34(25-9-12-28(43)13-10-25)49-31(35-52-51-24(3)54(35)37)18-32(55)46-15-16-53(8)40-47-20-27(21-48-40)36(56)50-38-41(4,5)39(42(38,6)7)57-29-14-11-26(19-45)30(44)17-29/h9-14,17,20-21,31,38-39H,15-16,18H2,1-8H3,(H,46,55)(H,50,56)/t31-,38?,39?/m0/s1. The summed E-state index contributed by atoms with van der Waals surface area (Å²) in [5.41, 5.74) is 3.67. The van der Waals surface area contributed by atoms with Crippen molar-refractivity contribution in [3.8, 4) is 16.8 Å². The molecule has 0 bridgehead atoms. The summed E-state index contributed by atoms with van der Waals surface area (Å²) in [6.45, 7) is 15.0. The van der Waals surface area contributed by atoms with Crippen LogP contribution in [0.4, 0.5) is 5.95 Å². The van der Waals surface area contributed by atoms with E-state index in [1.807, 2.05) is 75.4 Å². The largest absolute Gasteiger partial charge is 0.489 e. The number of likely N-dealkylation sites (N-methyl/N-ethyl adjacent to an activating group) is 1. The number of benzene rings is 2. The predicted octanol–water partition coefficient (Wildman–Crippen LogP) is 7.37. The van der Waals surface area contributed by atoms with Crippen LogP contribution in [0.5, 0.6) is 5.75 Å². The van der Waals surface area contributed by atoms with E-state index in [-0.39, 0.29) is 30.4 Å². The zero-order valence-electron chi connectivity index (χ0n) is 33.5. The average molecular weight is 840 g/mol. The van der Waals surface area contributed by atoms with E-state index in [2.05, 4.69) is 50.7 Å². The Kier molecular flexibility index (Phi) is 11.1. The van der Waals surface area contributed by atoms with Gasteiger partial charge in [0.2, 0.25) is 11.9 Å². The maximum Gasteiger partial charge on any atom is 0.254 e. The summed E-state index contributed by atoms with van der Waals surface area (Å²) in [6.07, 6.45) is 2.83. The molecule has 0 radical (unpaired) electrons. The van der Waals surface area contributed by atoms with Crippen LogP contribution >= 0.6 is 34.5 Å². The number of aliphatic imine (C=N–C) groups is 1. The van der Waals surface area contributed by atoms with Gasteiger partial charge in [0.1, 0.15) is 34.8 Å². The number of aromatic nitrogens is 5. The smallest absolute Gasteiger partial charge is 0.254 e. The minimum absolute atomic E-state index is 0.0669. The molecule has 2 amide bonds. The summed E-state index contributed by atoms with van der Waals surface area (Å²) < 4.78 is 8.37. The van der Waals surface area contributed by atoms with Gasteiger partial charge in [0.25, 0.3) is 5.91 Å². The van der Waals surface area contributed by atoms with Crippen molar-refractivity contribution in [3.63, 3.8) is 0 Å². The fraction of sp³-hybridized carbons (Fsp3) is 0.381. The summed E-state index contributed by atoms with van der Waals surface area (Å²) in [4.78, 5) is 44.0. The van der Waals surface area contributed by atoms with Crippen molar-refractivity contribution in [2.24, 2.45) is 15.8 Å². The highest BCUT2D eigenvalue weighted by atomic mass is 35.5. The van der Waals surface area contributed by atoms with Gasteiger partial charge in [-0.25, -0.2) is 9.97 Å². The van der Waals surface area contributed by atoms with Gasteiger partial charge in [-0.05, 0) is 50.6 Å². The van der Waals surface area contributed by atoms with E-state index < -0.39 is 16.9 Å². The van der Waals surface area contributed by atoms with E-state index in [0.29, 0.717) is 51.8 Å². The van der Waals surface area contributed by atoms with Crippen LogP contribution in [0.1, 0.15) is 89.3 Å². The average Bonchev–Trinajstić information content (AvgIpc) is 3.67. The Morgan fingerprint density at radius 2 is 1.71 bits per heavy atom. The van der Waals surface area contributed by atoms with Crippen molar-refractivity contribution in [2.45, 2.75) is 73.1 Å².